The second-order valence-corrected chi connectivity index (χ2v) is 8.87. The SMILES string of the molecule is C[C@]12C=CC3=C4CCC(=O)C=C4C[C@@H](CC(F)(F)C(F)(F)F)[C@H]3[C@@H]1CC[C@@H]2O. The van der Waals surface area contributed by atoms with Crippen LogP contribution in [0, 0.1) is 23.2 Å². The molecule has 0 heterocycles. The van der Waals surface area contributed by atoms with Gasteiger partial charge in [-0.15, -0.1) is 0 Å². The Kier molecular flexibility index (Phi) is 4.42. The van der Waals surface area contributed by atoms with Gasteiger partial charge >= 0.3 is 12.1 Å². The van der Waals surface area contributed by atoms with E-state index in [-0.39, 0.29) is 18.1 Å². The Morgan fingerprint density at radius 3 is 2.57 bits per heavy atom. The van der Waals surface area contributed by atoms with Crippen molar-refractivity contribution in [3.63, 3.8) is 0 Å². The van der Waals surface area contributed by atoms with Gasteiger partial charge in [0.1, 0.15) is 0 Å². The average molecular weight is 402 g/mol. The Morgan fingerprint density at radius 1 is 1.18 bits per heavy atom. The molecule has 5 atom stereocenters. The quantitative estimate of drug-likeness (QED) is 0.649. The van der Waals surface area contributed by atoms with Crippen molar-refractivity contribution in [3.05, 3.63) is 34.9 Å². The minimum Gasteiger partial charge on any atom is -0.392 e. The highest BCUT2D eigenvalue weighted by atomic mass is 19.4. The first kappa shape index (κ1) is 19.8. The molecule has 1 N–H and O–H groups in total. The first-order valence-corrected chi connectivity index (χ1v) is 9.73. The first-order chi connectivity index (χ1) is 12.9. The normalized spacial score (nSPS) is 38.1. The van der Waals surface area contributed by atoms with Crippen LogP contribution in [0.15, 0.2) is 34.9 Å². The lowest BCUT2D eigenvalue weighted by atomic mass is 9.56. The number of hydrogen-bond acceptors (Lipinski definition) is 2. The van der Waals surface area contributed by atoms with E-state index in [4.69, 9.17) is 0 Å². The molecule has 1 fully saturated rings. The molecule has 0 aromatic heterocycles. The van der Waals surface area contributed by atoms with E-state index in [2.05, 4.69) is 0 Å². The zero-order valence-electron chi connectivity index (χ0n) is 15.5. The second-order valence-electron chi connectivity index (χ2n) is 8.87. The van der Waals surface area contributed by atoms with Crippen LogP contribution >= 0.6 is 0 Å². The molecule has 4 rings (SSSR count). The van der Waals surface area contributed by atoms with Crippen molar-refractivity contribution in [1.29, 1.82) is 0 Å². The van der Waals surface area contributed by atoms with E-state index >= 15 is 0 Å². The molecule has 0 bridgehead atoms. The van der Waals surface area contributed by atoms with E-state index in [9.17, 15) is 31.9 Å². The molecule has 0 saturated heterocycles. The molecule has 4 aliphatic rings. The third-order valence-electron chi connectivity index (χ3n) is 7.30. The molecule has 0 radical (unpaired) electrons. The number of aliphatic hydroxyl groups is 1. The number of carbonyl (C=O) groups excluding carboxylic acids is 1. The van der Waals surface area contributed by atoms with Crippen LogP contribution in [0.3, 0.4) is 0 Å². The van der Waals surface area contributed by atoms with Crippen molar-refractivity contribution < 1.29 is 31.9 Å². The Labute approximate surface area is 160 Å². The third-order valence-corrected chi connectivity index (χ3v) is 7.30. The highest BCUT2D eigenvalue weighted by Gasteiger charge is 2.61. The second kappa shape index (κ2) is 6.25. The van der Waals surface area contributed by atoms with E-state index in [1.807, 2.05) is 19.1 Å². The molecule has 28 heavy (non-hydrogen) atoms. The zero-order chi connectivity index (χ0) is 20.5. The van der Waals surface area contributed by atoms with Gasteiger partial charge in [-0.1, -0.05) is 19.1 Å². The fourth-order valence-electron chi connectivity index (χ4n) is 5.82. The third kappa shape index (κ3) is 2.88. The van der Waals surface area contributed by atoms with E-state index in [0.29, 0.717) is 31.3 Å². The van der Waals surface area contributed by atoms with Crippen LogP contribution in [0.1, 0.15) is 45.4 Å². The standard InChI is InChI=1S/C21H23F5O2/c1-19-7-6-15-14-3-2-13(27)9-11(14)8-12(10-20(22,23)21(24,25)26)18(15)16(19)4-5-17(19)28/h6-7,9,12,16-18,28H,2-5,8,10H2,1H3/t12-,16-,17-,18+,19-/m0/s1. The lowest BCUT2D eigenvalue weighted by Crippen LogP contribution is -2.46. The van der Waals surface area contributed by atoms with Crippen molar-refractivity contribution >= 4 is 5.78 Å². The summed E-state index contributed by atoms with van der Waals surface area (Å²) in [4.78, 5) is 11.8. The number of rotatable bonds is 2. The number of allylic oxidation sites excluding steroid dienone is 5. The van der Waals surface area contributed by atoms with Crippen molar-refractivity contribution in [2.45, 2.75) is 63.7 Å². The minimum absolute atomic E-state index is 0.0530. The van der Waals surface area contributed by atoms with Gasteiger partial charge < -0.3 is 5.11 Å². The fourth-order valence-corrected chi connectivity index (χ4v) is 5.82. The summed E-state index contributed by atoms with van der Waals surface area (Å²) in [5, 5.41) is 10.4. The molecule has 154 valence electrons. The molecule has 1 saturated carbocycles. The summed E-state index contributed by atoms with van der Waals surface area (Å²) in [6.45, 7) is 1.86. The highest BCUT2D eigenvalue weighted by Crippen LogP contribution is 2.60. The van der Waals surface area contributed by atoms with Gasteiger partial charge in [-0.3, -0.25) is 4.79 Å². The molecule has 7 heteroatoms. The van der Waals surface area contributed by atoms with E-state index < -0.39 is 41.9 Å². The predicted octanol–water partition coefficient (Wildman–Crippen LogP) is 5.14. The van der Waals surface area contributed by atoms with Crippen LogP contribution in [0.2, 0.25) is 0 Å². The number of alkyl halides is 5. The zero-order valence-corrected chi connectivity index (χ0v) is 15.5. The van der Waals surface area contributed by atoms with Crippen molar-refractivity contribution in [1.82, 2.24) is 0 Å². The van der Waals surface area contributed by atoms with Gasteiger partial charge in [0.15, 0.2) is 5.78 Å². The van der Waals surface area contributed by atoms with Gasteiger partial charge in [-0.25, -0.2) is 0 Å². The summed E-state index contributed by atoms with van der Waals surface area (Å²) in [7, 11) is 0. The summed E-state index contributed by atoms with van der Waals surface area (Å²) in [5.74, 6) is -6.45. The van der Waals surface area contributed by atoms with E-state index in [1.54, 1.807) is 0 Å². The summed E-state index contributed by atoms with van der Waals surface area (Å²) in [6, 6.07) is 0. The van der Waals surface area contributed by atoms with Crippen LogP contribution in [0.25, 0.3) is 0 Å². The lowest BCUT2D eigenvalue weighted by molar-refractivity contribution is -0.289. The van der Waals surface area contributed by atoms with Crippen LogP contribution in [-0.2, 0) is 4.79 Å². The number of hydrogen-bond donors (Lipinski definition) is 1. The lowest BCUT2D eigenvalue weighted by Gasteiger charge is -2.48. The average Bonchev–Trinajstić information content (AvgIpc) is 2.88. The van der Waals surface area contributed by atoms with Gasteiger partial charge in [0.05, 0.1) is 6.10 Å². The molecule has 0 aromatic carbocycles. The minimum atomic E-state index is -5.60. The molecule has 0 aliphatic heterocycles. The molecule has 2 nitrogen and oxygen atoms in total. The Morgan fingerprint density at radius 2 is 1.89 bits per heavy atom. The Balaban J connectivity index is 1.80. The first-order valence-electron chi connectivity index (χ1n) is 9.73. The van der Waals surface area contributed by atoms with Crippen LogP contribution in [0.5, 0.6) is 0 Å². The maximum atomic E-state index is 14.0. The maximum Gasteiger partial charge on any atom is 0.453 e. The summed E-state index contributed by atoms with van der Waals surface area (Å²) < 4.78 is 66.8. The number of fused-ring (bicyclic) bond motifs is 4. The molecular formula is C21H23F5O2. The predicted molar refractivity (Wildman–Crippen MR) is 92.5 cm³/mol. The van der Waals surface area contributed by atoms with Crippen LogP contribution in [-0.4, -0.2) is 29.1 Å². The summed E-state index contributed by atoms with van der Waals surface area (Å²) in [6.07, 6.45) is -0.413. The van der Waals surface area contributed by atoms with Gasteiger partial charge in [-0.05, 0) is 66.2 Å². The molecule has 0 amide bonds. The summed E-state index contributed by atoms with van der Waals surface area (Å²) >= 11 is 0. The van der Waals surface area contributed by atoms with Gasteiger partial charge in [-0.2, -0.15) is 22.0 Å². The molecule has 0 spiro atoms. The number of carbonyl (C=O) groups is 1. The van der Waals surface area contributed by atoms with Crippen LogP contribution < -0.4 is 0 Å². The van der Waals surface area contributed by atoms with Crippen molar-refractivity contribution in [3.8, 4) is 0 Å². The molecule has 0 unspecified atom stereocenters. The van der Waals surface area contributed by atoms with Gasteiger partial charge in [0.25, 0.3) is 0 Å². The van der Waals surface area contributed by atoms with Crippen molar-refractivity contribution in [2.75, 3.05) is 0 Å². The summed E-state index contributed by atoms with van der Waals surface area (Å²) in [5.41, 5.74) is 1.71. The maximum absolute atomic E-state index is 14.0. The van der Waals surface area contributed by atoms with Crippen LogP contribution in [0.4, 0.5) is 22.0 Å². The largest absolute Gasteiger partial charge is 0.453 e. The Bertz CT molecular complexity index is 791. The van der Waals surface area contributed by atoms with E-state index in [1.165, 1.54) is 6.08 Å². The monoisotopic (exact) mass is 402 g/mol. The smallest absolute Gasteiger partial charge is 0.392 e. The topological polar surface area (TPSA) is 37.3 Å². The number of aliphatic hydroxyl groups excluding tert-OH is 1. The van der Waals surface area contributed by atoms with Gasteiger partial charge in [0.2, 0.25) is 0 Å². The number of ketones is 1. The highest BCUT2D eigenvalue weighted by molar-refractivity contribution is 5.93. The van der Waals surface area contributed by atoms with Crippen molar-refractivity contribution in [2.24, 2.45) is 23.2 Å². The molecule has 0 aromatic rings. The fraction of sp³-hybridized carbons (Fsp3) is 0.667. The molecular weight excluding hydrogens is 379 g/mol. The van der Waals surface area contributed by atoms with E-state index in [0.717, 1.165) is 11.1 Å². The Hall–Kier alpha value is -1.50. The molecule has 4 aliphatic carbocycles. The van der Waals surface area contributed by atoms with Gasteiger partial charge in [0, 0.05) is 18.3 Å². The number of halogens is 5.